The minimum absolute atomic E-state index is 0.0192. The molecule has 1 aromatic carbocycles. The molecule has 0 fully saturated rings. The third kappa shape index (κ3) is 2.74. The van der Waals surface area contributed by atoms with Crippen molar-refractivity contribution in [3.63, 3.8) is 0 Å². The molecule has 1 N–H and O–H groups in total. The molecule has 90 valence electrons. The molecule has 0 saturated heterocycles. The third-order valence-electron chi connectivity index (χ3n) is 2.57. The van der Waals surface area contributed by atoms with Gasteiger partial charge in [-0.3, -0.25) is 0 Å². The van der Waals surface area contributed by atoms with Gasteiger partial charge >= 0.3 is 0 Å². The van der Waals surface area contributed by atoms with E-state index in [1.54, 1.807) is 36.2 Å². The Hall–Kier alpha value is -1.07. The predicted octanol–water partition coefficient (Wildman–Crippen LogP) is 0.907. The number of aliphatic hydroxyl groups is 1. The molecule has 0 heterocycles. The minimum Gasteiger partial charge on any atom is -0.394 e. The van der Waals surface area contributed by atoms with Crippen LogP contribution in [0.25, 0.3) is 0 Å². The summed E-state index contributed by atoms with van der Waals surface area (Å²) >= 11 is 0. The number of para-hydroxylation sites is 1. The molecule has 0 saturated carbocycles. The summed E-state index contributed by atoms with van der Waals surface area (Å²) in [5.74, 6) is 0. The summed E-state index contributed by atoms with van der Waals surface area (Å²) in [5, 5.41) is 9.07. The van der Waals surface area contributed by atoms with E-state index in [1.807, 2.05) is 6.92 Å². The number of hydrogen-bond donors (Lipinski definition) is 1. The maximum Gasteiger partial charge on any atom is 0.177 e. The highest BCUT2D eigenvalue weighted by atomic mass is 32.2. The van der Waals surface area contributed by atoms with E-state index in [-0.39, 0.29) is 17.5 Å². The Morgan fingerprint density at radius 2 is 1.94 bits per heavy atom. The first-order chi connectivity index (χ1) is 7.38. The van der Waals surface area contributed by atoms with Crippen LogP contribution in [-0.2, 0) is 9.84 Å². The Bertz CT molecular complexity index is 456. The smallest absolute Gasteiger partial charge is 0.177 e. The van der Waals surface area contributed by atoms with Crippen molar-refractivity contribution in [3.8, 4) is 0 Å². The molecule has 5 heteroatoms. The standard InChI is InChI=1S/C11H17NO3S/c1-9(8-13)12(2)10-6-4-5-7-11(10)16(3,14)15/h4-7,9,13H,8H2,1-3H3. The van der Waals surface area contributed by atoms with Crippen molar-refractivity contribution in [1.29, 1.82) is 0 Å². The number of nitrogens with zero attached hydrogens (tertiary/aromatic N) is 1. The molecule has 0 aliphatic carbocycles. The molecule has 0 aliphatic rings. The van der Waals surface area contributed by atoms with Crippen LogP contribution in [0, 0.1) is 0 Å². The lowest BCUT2D eigenvalue weighted by atomic mass is 10.2. The Labute approximate surface area is 96.4 Å². The fourth-order valence-corrected chi connectivity index (χ4v) is 2.34. The van der Waals surface area contributed by atoms with Gasteiger partial charge in [0, 0.05) is 19.3 Å². The lowest BCUT2D eigenvalue weighted by Crippen LogP contribution is -2.32. The second-order valence-electron chi connectivity index (χ2n) is 3.88. The molecule has 16 heavy (non-hydrogen) atoms. The zero-order chi connectivity index (χ0) is 12.3. The van der Waals surface area contributed by atoms with Crippen molar-refractivity contribution in [1.82, 2.24) is 0 Å². The van der Waals surface area contributed by atoms with E-state index in [0.29, 0.717) is 5.69 Å². The summed E-state index contributed by atoms with van der Waals surface area (Å²) in [6.07, 6.45) is 1.18. The summed E-state index contributed by atoms with van der Waals surface area (Å²) < 4.78 is 23.2. The first-order valence-electron chi connectivity index (χ1n) is 5.00. The normalized spacial score (nSPS) is 13.5. The summed E-state index contributed by atoms with van der Waals surface area (Å²) in [4.78, 5) is 2.05. The molecule has 0 radical (unpaired) electrons. The number of aliphatic hydroxyl groups excluding tert-OH is 1. The topological polar surface area (TPSA) is 57.6 Å². The summed E-state index contributed by atoms with van der Waals surface area (Å²) in [5.41, 5.74) is 0.617. The van der Waals surface area contributed by atoms with Gasteiger partial charge in [-0.05, 0) is 19.1 Å². The fraction of sp³-hybridized carbons (Fsp3) is 0.455. The number of rotatable bonds is 4. The Balaban J connectivity index is 3.24. The van der Waals surface area contributed by atoms with E-state index >= 15 is 0 Å². The van der Waals surface area contributed by atoms with Crippen molar-refractivity contribution in [2.24, 2.45) is 0 Å². The molecule has 0 aliphatic heterocycles. The van der Waals surface area contributed by atoms with Gasteiger partial charge in [0.25, 0.3) is 0 Å². The molecular formula is C11H17NO3S. The molecule has 1 atom stereocenters. The number of likely N-dealkylation sites (N-methyl/N-ethyl adjacent to an activating group) is 1. The zero-order valence-corrected chi connectivity index (χ0v) is 10.5. The van der Waals surface area contributed by atoms with Crippen LogP contribution in [0.1, 0.15) is 6.92 Å². The molecule has 1 aromatic rings. The minimum atomic E-state index is -3.24. The van der Waals surface area contributed by atoms with Gasteiger partial charge in [0.1, 0.15) is 0 Å². The Kier molecular flexibility index (Phi) is 3.93. The van der Waals surface area contributed by atoms with Gasteiger partial charge in [-0.15, -0.1) is 0 Å². The van der Waals surface area contributed by atoms with Crippen molar-refractivity contribution in [2.75, 3.05) is 24.8 Å². The van der Waals surface area contributed by atoms with Crippen molar-refractivity contribution >= 4 is 15.5 Å². The molecule has 1 rings (SSSR count). The molecular weight excluding hydrogens is 226 g/mol. The predicted molar refractivity (Wildman–Crippen MR) is 64.5 cm³/mol. The van der Waals surface area contributed by atoms with E-state index in [4.69, 9.17) is 5.11 Å². The van der Waals surface area contributed by atoms with E-state index in [1.165, 1.54) is 6.26 Å². The average Bonchev–Trinajstić information content (AvgIpc) is 2.26. The van der Waals surface area contributed by atoms with E-state index in [0.717, 1.165) is 0 Å². The molecule has 0 aromatic heterocycles. The fourth-order valence-electron chi connectivity index (χ4n) is 1.42. The van der Waals surface area contributed by atoms with E-state index < -0.39 is 9.84 Å². The number of anilines is 1. The first kappa shape index (κ1) is 13.0. The highest BCUT2D eigenvalue weighted by Gasteiger charge is 2.18. The van der Waals surface area contributed by atoms with Crippen molar-refractivity contribution in [3.05, 3.63) is 24.3 Å². The van der Waals surface area contributed by atoms with Gasteiger partial charge in [-0.1, -0.05) is 12.1 Å². The van der Waals surface area contributed by atoms with Crippen LogP contribution in [0.15, 0.2) is 29.2 Å². The van der Waals surface area contributed by atoms with E-state index in [9.17, 15) is 8.42 Å². The van der Waals surface area contributed by atoms with Crippen LogP contribution < -0.4 is 4.90 Å². The Morgan fingerprint density at radius 1 is 1.38 bits per heavy atom. The van der Waals surface area contributed by atoms with Gasteiger partial charge in [0.2, 0.25) is 0 Å². The summed E-state index contributed by atoms with van der Waals surface area (Å²) in [6, 6.07) is 6.67. The second kappa shape index (κ2) is 4.84. The third-order valence-corrected chi connectivity index (χ3v) is 3.71. The van der Waals surface area contributed by atoms with E-state index in [2.05, 4.69) is 0 Å². The van der Waals surface area contributed by atoms with Gasteiger partial charge in [0.15, 0.2) is 9.84 Å². The number of sulfone groups is 1. The SMILES string of the molecule is CC(CO)N(C)c1ccccc1S(C)(=O)=O. The zero-order valence-electron chi connectivity index (χ0n) is 9.71. The van der Waals surface area contributed by atoms with Crippen LogP contribution in [-0.4, -0.2) is 39.5 Å². The first-order valence-corrected chi connectivity index (χ1v) is 6.90. The molecule has 0 bridgehead atoms. The number of benzene rings is 1. The highest BCUT2D eigenvalue weighted by molar-refractivity contribution is 7.90. The monoisotopic (exact) mass is 243 g/mol. The molecule has 4 nitrogen and oxygen atoms in total. The van der Waals surface area contributed by atoms with Crippen molar-refractivity contribution in [2.45, 2.75) is 17.9 Å². The average molecular weight is 243 g/mol. The lowest BCUT2D eigenvalue weighted by Gasteiger charge is -2.27. The van der Waals surface area contributed by atoms with Crippen LogP contribution in [0.4, 0.5) is 5.69 Å². The maximum atomic E-state index is 11.6. The van der Waals surface area contributed by atoms with Gasteiger partial charge in [-0.2, -0.15) is 0 Å². The van der Waals surface area contributed by atoms with Gasteiger partial charge < -0.3 is 10.0 Å². The maximum absolute atomic E-state index is 11.6. The second-order valence-corrected chi connectivity index (χ2v) is 5.87. The highest BCUT2D eigenvalue weighted by Crippen LogP contribution is 2.25. The molecule has 1 unspecified atom stereocenters. The lowest BCUT2D eigenvalue weighted by molar-refractivity contribution is 0.270. The Morgan fingerprint density at radius 3 is 2.44 bits per heavy atom. The summed E-state index contributed by atoms with van der Waals surface area (Å²) in [6.45, 7) is 1.81. The van der Waals surface area contributed by atoms with Gasteiger partial charge in [-0.25, -0.2) is 8.42 Å². The molecule has 0 amide bonds. The largest absolute Gasteiger partial charge is 0.394 e. The van der Waals surface area contributed by atoms with Crippen LogP contribution in [0.2, 0.25) is 0 Å². The quantitative estimate of drug-likeness (QED) is 0.854. The summed E-state index contributed by atoms with van der Waals surface area (Å²) in [7, 11) is -1.47. The number of hydrogen-bond acceptors (Lipinski definition) is 4. The van der Waals surface area contributed by atoms with Crippen molar-refractivity contribution < 1.29 is 13.5 Å². The van der Waals surface area contributed by atoms with Crippen LogP contribution in [0.5, 0.6) is 0 Å². The molecule has 0 spiro atoms. The van der Waals surface area contributed by atoms with Gasteiger partial charge in [0.05, 0.1) is 17.2 Å². The van der Waals surface area contributed by atoms with Crippen LogP contribution in [0.3, 0.4) is 0 Å². The van der Waals surface area contributed by atoms with Crippen LogP contribution >= 0.6 is 0 Å².